The van der Waals surface area contributed by atoms with Gasteiger partial charge in [0.2, 0.25) is 0 Å². The Kier molecular flexibility index (Phi) is 5.25. The van der Waals surface area contributed by atoms with Crippen molar-refractivity contribution >= 4 is 5.97 Å². The van der Waals surface area contributed by atoms with Gasteiger partial charge in [0.05, 0.1) is 18.2 Å². The van der Waals surface area contributed by atoms with E-state index in [0.29, 0.717) is 25.3 Å². The van der Waals surface area contributed by atoms with Crippen LogP contribution in [0.15, 0.2) is 24.3 Å². The van der Waals surface area contributed by atoms with E-state index in [1.807, 2.05) is 12.1 Å². The zero-order chi connectivity index (χ0) is 19.8. The summed E-state index contributed by atoms with van der Waals surface area (Å²) in [5.74, 6) is -0.239. The summed E-state index contributed by atoms with van der Waals surface area (Å²) in [5.41, 5.74) is 5.99. The maximum Gasteiger partial charge on any atom is 0.308 e. The molecule has 0 saturated carbocycles. The molecule has 3 heterocycles. The number of hydrogen-bond donors (Lipinski definition) is 2. The zero-order valence-electron chi connectivity index (χ0n) is 16.4. The van der Waals surface area contributed by atoms with E-state index in [2.05, 4.69) is 23.7 Å². The highest BCUT2D eigenvalue weighted by Crippen LogP contribution is 2.38. The van der Waals surface area contributed by atoms with Crippen LogP contribution in [0.4, 0.5) is 4.39 Å². The first-order valence-corrected chi connectivity index (χ1v) is 10.0. The third-order valence-corrected chi connectivity index (χ3v) is 5.70. The number of ether oxygens (including phenoxy) is 1. The largest absolute Gasteiger partial charge is 0.462 e. The molecule has 2 aromatic rings. The van der Waals surface area contributed by atoms with Gasteiger partial charge in [0.1, 0.15) is 11.9 Å². The summed E-state index contributed by atoms with van der Waals surface area (Å²) in [6, 6.07) is 6.65. The van der Waals surface area contributed by atoms with Crippen molar-refractivity contribution in [1.29, 1.82) is 0 Å². The maximum atomic E-state index is 13.5. The van der Waals surface area contributed by atoms with Gasteiger partial charge in [0, 0.05) is 38.2 Å². The Morgan fingerprint density at radius 1 is 1.25 bits per heavy atom. The fourth-order valence-corrected chi connectivity index (χ4v) is 4.59. The second-order valence-corrected chi connectivity index (χ2v) is 8.10. The lowest BCUT2D eigenvalue weighted by molar-refractivity contribution is -0.160. The predicted molar refractivity (Wildman–Crippen MR) is 104 cm³/mol. The second-order valence-electron chi connectivity index (χ2n) is 8.10. The van der Waals surface area contributed by atoms with E-state index in [0.717, 1.165) is 24.3 Å². The smallest absolute Gasteiger partial charge is 0.308 e. The number of fused-ring (bicyclic) bond motifs is 1. The van der Waals surface area contributed by atoms with Crippen molar-refractivity contribution < 1.29 is 19.0 Å². The molecule has 2 aliphatic heterocycles. The van der Waals surface area contributed by atoms with Crippen molar-refractivity contribution in [1.82, 2.24) is 9.88 Å². The minimum atomic E-state index is -0.619. The summed E-state index contributed by atoms with van der Waals surface area (Å²) in [5, 5.41) is 13.3. The quantitative estimate of drug-likeness (QED) is 0.773. The van der Waals surface area contributed by atoms with E-state index in [1.54, 1.807) is 0 Å². The normalized spacial score (nSPS) is 21.8. The number of aromatic nitrogens is 1. The second kappa shape index (κ2) is 7.68. The van der Waals surface area contributed by atoms with E-state index in [1.165, 1.54) is 29.0 Å². The first-order chi connectivity index (χ1) is 13.4. The highest BCUT2D eigenvalue weighted by molar-refractivity contribution is 5.71. The molecule has 150 valence electrons. The van der Waals surface area contributed by atoms with Crippen LogP contribution in [-0.4, -0.2) is 27.9 Å². The van der Waals surface area contributed by atoms with E-state index in [9.17, 15) is 14.3 Å². The van der Waals surface area contributed by atoms with Gasteiger partial charge < -0.3 is 19.7 Å². The summed E-state index contributed by atoms with van der Waals surface area (Å²) in [7, 11) is 0. The molecule has 0 aliphatic carbocycles. The molecule has 2 unspecified atom stereocenters. The summed E-state index contributed by atoms with van der Waals surface area (Å²) in [4.78, 5) is 11.7. The lowest BCUT2D eigenvalue weighted by Crippen LogP contribution is -2.33. The number of aliphatic hydroxyl groups excluding tert-OH is 1. The molecule has 0 bridgehead atoms. The Morgan fingerprint density at radius 2 is 1.96 bits per heavy atom. The van der Waals surface area contributed by atoms with Gasteiger partial charge in [-0.15, -0.1) is 0 Å². The first kappa shape index (κ1) is 19.2. The van der Waals surface area contributed by atoms with E-state index >= 15 is 0 Å². The Bertz CT molecular complexity index is 873. The molecule has 2 N–H and O–H groups in total. The fourth-order valence-electron chi connectivity index (χ4n) is 4.59. The number of halogens is 1. The zero-order valence-corrected chi connectivity index (χ0v) is 16.4. The van der Waals surface area contributed by atoms with Crippen LogP contribution in [0, 0.1) is 5.82 Å². The van der Waals surface area contributed by atoms with Gasteiger partial charge in [-0.1, -0.05) is 13.8 Å². The molecule has 2 aliphatic rings. The summed E-state index contributed by atoms with van der Waals surface area (Å²) in [6.07, 6.45) is 0.325. The third kappa shape index (κ3) is 3.59. The SMILES string of the molecule is CC(C)c1c2c(c(-c3ccc(F)cc3)n1CCC1CC(O)CC(=O)O1)CNC2. The van der Waals surface area contributed by atoms with Crippen LogP contribution in [0.1, 0.15) is 55.8 Å². The molecular weight excluding hydrogens is 359 g/mol. The van der Waals surface area contributed by atoms with Crippen LogP contribution in [0.5, 0.6) is 0 Å². The highest BCUT2D eigenvalue weighted by atomic mass is 19.1. The first-order valence-electron chi connectivity index (χ1n) is 10.0. The van der Waals surface area contributed by atoms with Crippen molar-refractivity contribution in [3.8, 4) is 11.3 Å². The lowest BCUT2D eigenvalue weighted by atomic mass is 10.0. The number of rotatable bonds is 5. The Hall–Kier alpha value is -2.18. The molecule has 0 amide bonds. The van der Waals surface area contributed by atoms with Gasteiger partial charge >= 0.3 is 5.97 Å². The molecule has 0 spiro atoms. The van der Waals surface area contributed by atoms with Crippen LogP contribution >= 0.6 is 0 Å². The minimum Gasteiger partial charge on any atom is -0.462 e. The van der Waals surface area contributed by atoms with Gasteiger partial charge in [0.25, 0.3) is 0 Å². The van der Waals surface area contributed by atoms with Gasteiger partial charge in [-0.05, 0) is 46.9 Å². The molecule has 5 nitrogen and oxygen atoms in total. The Labute approximate surface area is 164 Å². The molecule has 1 fully saturated rings. The number of nitrogens with one attached hydrogen (secondary N) is 1. The van der Waals surface area contributed by atoms with Crippen LogP contribution in [0.3, 0.4) is 0 Å². The van der Waals surface area contributed by atoms with E-state index in [-0.39, 0.29) is 24.3 Å². The monoisotopic (exact) mass is 386 g/mol. The van der Waals surface area contributed by atoms with Crippen LogP contribution in [0.25, 0.3) is 11.3 Å². The number of nitrogens with zero attached hydrogens (tertiary/aromatic N) is 1. The summed E-state index contributed by atoms with van der Waals surface area (Å²) < 4.78 is 21.2. The van der Waals surface area contributed by atoms with Crippen LogP contribution in [-0.2, 0) is 29.2 Å². The van der Waals surface area contributed by atoms with E-state index in [4.69, 9.17) is 4.74 Å². The number of carbonyl (C=O) groups is 1. The Balaban J connectivity index is 1.70. The number of carbonyl (C=O) groups excluding carboxylic acids is 1. The maximum absolute atomic E-state index is 13.5. The Morgan fingerprint density at radius 3 is 2.64 bits per heavy atom. The summed E-state index contributed by atoms with van der Waals surface area (Å²) in [6.45, 7) is 6.69. The minimum absolute atomic E-state index is 0.0814. The fraction of sp³-hybridized carbons (Fsp3) is 0.500. The van der Waals surface area contributed by atoms with Gasteiger partial charge in [-0.25, -0.2) is 4.39 Å². The molecule has 1 aromatic heterocycles. The van der Waals surface area contributed by atoms with Crippen molar-refractivity contribution in [3.63, 3.8) is 0 Å². The van der Waals surface area contributed by atoms with Crippen molar-refractivity contribution in [3.05, 3.63) is 46.9 Å². The number of esters is 1. The molecular formula is C22H27FN2O3. The molecule has 0 radical (unpaired) electrons. The number of hydrogen-bond acceptors (Lipinski definition) is 4. The van der Waals surface area contributed by atoms with Gasteiger partial charge in [-0.2, -0.15) is 0 Å². The van der Waals surface area contributed by atoms with Gasteiger partial charge in [0.15, 0.2) is 0 Å². The van der Waals surface area contributed by atoms with Crippen LogP contribution < -0.4 is 5.32 Å². The van der Waals surface area contributed by atoms with Crippen molar-refractivity contribution in [2.24, 2.45) is 0 Å². The molecule has 2 atom stereocenters. The van der Waals surface area contributed by atoms with Crippen molar-refractivity contribution in [2.45, 2.75) is 70.9 Å². The van der Waals surface area contributed by atoms with Crippen LogP contribution in [0.2, 0.25) is 0 Å². The van der Waals surface area contributed by atoms with Crippen molar-refractivity contribution in [2.75, 3.05) is 0 Å². The lowest BCUT2D eigenvalue weighted by Gasteiger charge is -2.27. The average Bonchev–Trinajstić information content (AvgIpc) is 3.19. The molecule has 4 rings (SSSR count). The number of aliphatic hydroxyl groups is 1. The van der Waals surface area contributed by atoms with Gasteiger partial charge in [-0.3, -0.25) is 4.79 Å². The summed E-state index contributed by atoms with van der Waals surface area (Å²) >= 11 is 0. The molecule has 6 heteroatoms. The molecule has 28 heavy (non-hydrogen) atoms. The predicted octanol–water partition coefficient (Wildman–Crippen LogP) is 3.48. The van der Waals surface area contributed by atoms with E-state index < -0.39 is 6.10 Å². The number of benzene rings is 1. The number of cyclic esters (lactones) is 1. The molecule has 1 aromatic carbocycles. The highest BCUT2D eigenvalue weighted by Gasteiger charge is 2.30. The topological polar surface area (TPSA) is 63.5 Å². The average molecular weight is 386 g/mol. The third-order valence-electron chi connectivity index (χ3n) is 5.70. The standard InChI is InChI=1S/C22H27FN2O3/c1-13(2)21-18-11-24-12-19(18)22(14-3-5-15(23)6-4-14)25(21)8-7-17-9-16(26)10-20(27)28-17/h3-6,13,16-17,24,26H,7-12H2,1-2H3. The molecule has 1 saturated heterocycles.